The number of hydrogen-bond donors (Lipinski definition) is 2. The van der Waals surface area contributed by atoms with Crippen molar-refractivity contribution in [1.29, 1.82) is 0 Å². The van der Waals surface area contributed by atoms with Crippen molar-refractivity contribution in [3.8, 4) is 23.0 Å². The van der Waals surface area contributed by atoms with Crippen molar-refractivity contribution in [3.63, 3.8) is 0 Å². The Labute approximate surface area is 220 Å². The molecule has 0 aliphatic carbocycles. The van der Waals surface area contributed by atoms with Gasteiger partial charge in [-0.1, -0.05) is 0 Å². The van der Waals surface area contributed by atoms with E-state index in [2.05, 4.69) is 0 Å². The van der Waals surface area contributed by atoms with E-state index in [1.165, 1.54) is 62.8 Å². The standard InChI is InChI=1S/C24H25F2N2O10P/c1-33-15-3-7-17(8-4-15)37-39(32,38-18-9-5-16(34-2)6-10-18)35-14-24(22(25)26)13-19(29)21(36-24)28-12-11-20(30)27-23(28)31/h3-12,19,21-22,29H,13-14H2,1-2H3,(H,27,30,31). The Bertz CT molecular complexity index is 1380. The predicted octanol–water partition coefficient (Wildman–Crippen LogP) is 3.12. The maximum atomic E-state index is 14.4. The van der Waals surface area contributed by atoms with E-state index in [4.69, 9.17) is 27.8 Å². The number of aliphatic hydroxyl groups is 1. The lowest BCUT2D eigenvalue weighted by atomic mass is 10.0. The number of phosphoric ester groups is 1. The Balaban J connectivity index is 1.60. The van der Waals surface area contributed by atoms with Gasteiger partial charge in [-0.25, -0.2) is 18.1 Å². The summed E-state index contributed by atoms with van der Waals surface area (Å²) in [6.07, 6.45) is -6.15. The molecule has 1 aliphatic heterocycles. The van der Waals surface area contributed by atoms with Crippen molar-refractivity contribution in [2.45, 2.75) is 30.8 Å². The minimum Gasteiger partial charge on any atom is -0.497 e. The zero-order chi connectivity index (χ0) is 28.2. The van der Waals surface area contributed by atoms with Crippen molar-refractivity contribution in [2.24, 2.45) is 0 Å². The van der Waals surface area contributed by atoms with Crippen LogP contribution in [-0.4, -0.2) is 53.6 Å². The van der Waals surface area contributed by atoms with E-state index in [1.54, 1.807) is 0 Å². The largest absolute Gasteiger partial charge is 0.587 e. The summed E-state index contributed by atoms with van der Waals surface area (Å²) >= 11 is 0. The van der Waals surface area contributed by atoms with E-state index >= 15 is 0 Å². The predicted molar refractivity (Wildman–Crippen MR) is 132 cm³/mol. The van der Waals surface area contributed by atoms with Crippen LogP contribution in [-0.2, 0) is 13.8 Å². The average molecular weight is 570 g/mol. The number of nitrogens with zero attached hydrogens (tertiary/aromatic N) is 1. The van der Waals surface area contributed by atoms with Gasteiger partial charge in [-0.3, -0.25) is 18.9 Å². The number of methoxy groups -OCH3 is 2. The molecule has 1 aliphatic rings. The van der Waals surface area contributed by atoms with Crippen molar-refractivity contribution < 1.29 is 46.2 Å². The molecular formula is C24H25F2N2O10P. The van der Waals surface area contributed by atoms with Gasteiger partial charge in [0, 0.05) is 18.7 Å². The van der Waals surface area contributed by atoms with Gasteiger partial charge < -0.3 is 28.4 Å². The molecule has 1 saturated heterocycles. The number of rotatable bonds is 11. The van der Waals surface area contributed by atoms with Gasteiger partial charge in [-0.15, -0.1) is 0 Å². The number of H-pyrrole nitrogens is 1. The van der Waals surface area contributed by atoms with Crippen LogP contribution in [0.5, 0.6) is 23.0 Å². The van der Waals surface area contributed by atoms with Crippen molar-refractivity contribution in [3.05, 3.63) is 81.6 Å². The second-order valence-corrected chi connectivity index (χ2v) is 9.93. The summed E-state index contributed by atoms with van der Waals surface area (Å²) in [6, 6.07) is 12.6. The molecule has 2 N–H and O–H groups in total. The van der Waals surface area contributed by atoms with Gasteiger partial charge in [0.25, 0.3) is 12.0 Å². The maximum Gasteiger partial charge on any atom is 0.587 e. The minimum atomic E-state index is -4.67. The number of alkyl halides is 2. The highest BCUT2D eigenvalue weighted by Gasteiger charge is 2.55. The van der Waals surface area contributed by atoms with Crippen LogP contribution >= 0.6 is 7.82 Å². The van der Waals surface area contributed by atoms with E-state index in [0.29, 0.717) is 11.5 Å². The van der Waals surface area contributed by atoms with E-state index in [-0.39, 0.29) is 11.5 Å². The number of aromatic amines is 1. The monoisotopic (exact) mass is 570 g/mol. The average Bonchev–Trinajstić information content (AvgIpc) is 3.26. The highest BCUT2D eigenvalue weighted by Crippen LogP contribution is 2.52. The van der Waals surface area contributed by atoms with E-state index < -0.39 is 56.5 Å². The number of hydrogen-bond acceptors (Lipinski definition) is 10. The molecule has 0 amide bonds. The Morgan fingerprint density at radius 1 is 1.00 bits per heavy atom. The molecule has 2 aromatic carbocycles. The smallest absolute Gasteiger partial charge is 0.497 e. The summed E-state index contributed by atoms with van der Waals surface area (Å²) in [7, 11) is -1.77. The summed E-state index contributed by atoms with van der Waals surface area (Å²) < 4.78 is 75.1. The van der Waals surface area contributed by atoms with Crippen LogP contribution in [0.1, 0.15) is 12.6 Å². The van der Waals surface area contributed by atoms with Gasteiger partial charge in [0.05, 0.1) is 20.8 Å². The number of ether oxygens (including phenoxy) is 3. The van der Waals surface area contributed by atoms with Crippen molar-refractivity contribution in [1.82, 2.24) is 9.55 Å². The molecule has 1 aromatic heterocycles. The summed E-state index contributed by atoms with van der Waals surface area (Å²) in [5, 5.41) is 10.5. The zero-order valence-electron chi connectivity index (χ0n) is 20.7. The summed E-state index contributed by atoms with van der Waals surface area (Å²) in [5.74, 6) is 0.984. The molecule has 1 fully saturated rings. The number of aliphatic hydroxyl groups excluding tert-OH is 1. The van der Waals surface area contributed by atoms with Crippen molar-refractivity contribution >= 4 is 7.82 Å². The molecule has 210 valence electrons. The van der Waals surface area contributed by atoms with Crippen LogP contribution in [0.4, 0.5) is 8.78 Å². The van der Waals surface area contributed by atoms with Crippen LogP contribution in [0, 0.1) is 0 Å². The first kappa shape index (κ1) is 28.3. The second-order valence-electron chi connectivity index (χ2n) is 8.42. The van der Waals surface area contributed by atoms with E-state index in [0.717, 1.165) is 16.8 Å². The van der Waals surface area contributed by atoms with Crippen LogP contribution < -0.4 is 29.8 Å². The highest BCUT2D eigenvalue weighted by atomic mass is 31.2. The fourth-order valence-corrected chi connectivity index (χ4v) is 5.06. The van der Waals surface area contributed by atoms with Crippen LogP contribution in [0.15, 0.2) is 70.4 Å². The first-order valence-corrected chi connectivity index (χ1v) is 12.9. The van der Waals surface area contributed by atoms with Gasteiger partial charge in [-0.2, -0.15) is 0 Å². The maximum absolute atomic E-state index is 14.4. The second kappa shape index (κ2) is 11.6. The summed E-state index contributed by atoms with van der Waals surface area (Å²) in [6.45, 7) is -1.06. The molecule has 0 radical (unpaired) electrons. The van der Waals surface area contributed by atoms with E-state index in [1.807, 2.05) is 4.98 Å². The molecule has 15 heteroatoms. The molecule has 0 spiro atoms. The normalized spacial score (nSPS) is 21.1. The highest BCUT2D eigenvalue weighted by molar-refractivity contribution is 7.49. The quantitative estimate of drug-likeness (QED) is 0.330. The van der Waals surface area contributed by atoms with Crippen molar-refractivity contribution in [2.75, 3.05) is 20.8 Å². The molecule has 0 bridgehead atoms. The van der Waals surface area contributed by atoms with Gasteiger partial charge in [-0.05, 0) is 48.5 Å². The third-order valence-electron chi connectivity index (χ3n) is 5.78. The number of benzene rings is 2. The Morgan fingerprint density at radius 3 is 1.97 bits per heavy atom. The summed E-state index contributed by atoms with van der Waals surface area (Å²) in [4.78, 5) is 25.5. The summed E-state index contributed by atoms with van der Waals surface area (Å²) in [5.41, 5.74) is -4.21. The Morgan fingerprint density at radius 2 is 1.51 bits per heavy atom. The first-order chi connectivity index (χ1) is 18.6. The minimum absolute atomic E-state index is 0.0174. The number of aromatic nitrogens is 2. The van der Waals surface area contributed by atoms with E-state index in [9.17, 15) is 28.0 Å². The fourth-order valence-electron chi connectivity index (χ4n) is 3.78. The van der Waals surface area contributed by atoms with Gasteiger partial charge in [0.1, 0.15) is 29.1 Å². The lowest BCUT2D eigenvalue weighted by molar-refractivity contribution is -0.171. The lowest BCUT2D eigenvalue weighted by Crippen LogP contribution is -2.43. The Kier molecular flexibility index (Phi) is 8.40. The molecule has 3 unspecified atom stereocenters. The third-order valence-corrected chi connectivity index (χ3v) is 7.10. The first-order valence-electron chi connectivity index (χ1n) is 11.4. The van der Waals surface area contributed by atoms with Crippen LogP contribution in [0.2, 0.25) is 0 Å². The topological polar surface area (TPSA) is 148 Å². The van der Waals surface area contributed by atoms with Gasteiger partial charge >= 0.3 is 13.5 Å². The third kappa shape index (κ3) is 6.48. The molecule has 12 nitrogen and oxygen atoms in total. The molecule has 3 atom stereocenters. The molecular weight excluding hydrogens is 545 g/mol. The number of phosphoric acid groups is 1. The molecule has 4 rings (SSSR count). The van der Waals surface area contributed by atoms with Crippen LogP contribution in [0.3, 0.4) is 0 Å². The Hall–Kier alpha value is -3.71. The van der Waals surface area contributed by atoms with Gasteiger partial charge in [0.2, 0.25) is 0 Å². The zero-order valence-corrected chi connectivity index (χ0v) is 21.6. The number of nitrogens with one attached hydrogen (secondary N) is 1. The SMILES string of the molecule is COc1ccc(OP(=O)(OCC2(C(F)F)CC(O)C(n3ccc(=O)[nH]c3=O)O2)Oc2ccc(OC)cc2)cc1. The lowest BCUT2D eigenvalue weighted by Gasteiger charge is -2.29. The fraction of sp³-hybridized carbons (Fsp3) is 0.333. The molecule has 2 heterocycles. The van der Waals surface area contributed by atoms with Crippen LogP contribution in [0.25, 0.3) is 0 Å². The van der Waals surface area contributed by atoms with Gasteiger partial charge in [0.15, 0.2) is 11.8 Å². The molecule has 39 heavy (non-hydrogen) atoms. The number of halogens is 2. The molecule has 0 saturated carbocycles. The molecule has 3 aromatic rings.